The predicted octanol–water partition coefficient (Wildman–Crippen LogP) is 2.83. The highest BCUT2D eigenvalue weighted by molar-refractivity contribution is 6.05. The van der Waals surface area contributed by atoms with Crippen LogP contribution in [0.5, 0.6) is 5.75 Å². The maximum absolute atomic E-state index is 12.2. The molecule has 0 radical (unpaired) electrons. The molecule has 0 atom stereocenters. The standard InChI is InChI=1S/C16H15N3O2/c1-19-10-17-14-9-12(5-8-15(14)19)18-16(20)11-3-6-13(21-2)7-4-11/h3-10H,1-2H3,(H,18,20). The lowest BCUT2D eigenvalue weighted by molar-refractivity contribution is 0.102. The van der Waals surface area contributed by atoms with Crippen molar-refractivity contribution in [2.75, 3.05) is 12.4 Å². The highest BCUT2D eigenvalue weighted by Gasteiger charge is 2.07. The summed E-state index contributed by atoms with van der Waals surface area (Å²) >= 11 is 0. The Morgan fingerprint density at radius 1 is 1.19 bits per heavy atom. The zero-order chi connectivity index (χ0) is 14.8. The number of hydrogen-bond donors (Lipinski definition) is 1. The Hall–Kier alpha value is -2.82. The molecule has 3 aromatic rings. The van der Waals surface area contributed by atoms with E-state index in [9.17, 15) is 4.79 Å². The van der Waals surface area contributed by atoms with E-state index >= 15 is 0 Å². The number of methoxy groups -OCH3 is 1. The monoisotopic (exact) mass is 281 g/mol. The Morgan fingerprint density at radius 3 is 2.67 bits per heavy atom. The smallest absolute Gasteiger partial charge is 0.255 e. The van der Waals surface area contributed by atoms with Crippen LogP contribution in [-0.4, -0.2) is 22.6 Å². The van der Waals surface area contributed by atoms with Crippen molar-refractivity contribution in [2.24, 2.45) is 7.05 Å². The molecule has 5 nitrogen and oxygen atoms in total. The lowest BCUT2D eigenvalue weighted by Gasteiger charge is -2.06. The van der Waals surface area contributed by atoms with Crippen molar-refractivity contribution in [1.29, 1.82) is 0 Å². The van der Waals surface area contributed by atoms with E-state index in [1.54, 1.807) is 37.7 Å². The Balaban J connectivity index is 1.81. The molecule has 0 saturated heterocycles. The van der Waals surface area contributed by atoms with Gasteiger partial charge >= 0.3 is 0 Å². The molecule has 1 aromatic heterocycles. The molecule has 0 spiro atoms. The molecule has 3 rings (SSSR count). The van der Waals surface area contributed by atoms with Gasteiger partial charge in [-0.15, -0.1) is 0 Å². The summed E-state index contributed by atoms with van der Waals surface area (Å²) in [4.78, 5) is 16.5. The molecule has 2 aromatic carbocycles. The number of nitrogens with one attached hydrogen (secondary N) is 1. The molecule has 0 aliphatic rings. The Labute approximate surface area is 122 Å². The minimum absolute atomic E-state index is 0.159. The first-order valence-electron chi connectivity index (χ1n) is 6.54. The Kier molecular flexibility index (Phi) is 3.31. The van der Waals surface area contributed by atoms with E-state index in [1.807, 2.05) is 29.8 Å². The Bertz CT molecular complexity index is 791. The third-order valence-corrected chi connectivity index (χ3v) is 3.34. The highest BCUT2D eigenvalue weighted by atomic mass is 16.5. The van der Waals surface area contributed by atoms with Gasteiger partial charge in [0.05, 0.1) is 24.5 Å². The van der Waals surface area contributed by atoms with Crippen LogP contribution in [0.1, 0.15) is 10.4 Å². The average Bonchev–Trinajstić information content (AvgIpc) is 2.88. The molecular weight excluding hydrogens is 266 g/mol. The van der Waals surface area contributed by atoms with Gasteiger partial charge in [-0.25, -0.2) is 4.98 Å². The van der Waals surface area contributed by atoms with Gasteiger partial charge in [0.15, 0.2) is 0 Å². The van der Waals surface area contributed by atoms with Gasteiger partial charge in [-0.3, -0.25) is 4.79 Å². The van der Waals surface area contributed by atoms with Crippen molar-refractivity contribution in [3.8, 4) is 5.75 Å². The van der Waals surface area contributed by atoms with Gasteiger partial charge < -0.3 is 14.6 Å². The molecule has 0 unspecified atom stereocenters. The van der Waals surface area contributed by atoms with E-state index in [2.05, 4.69) is 10.3 Å². The minimum Gasteiger partial charge on any atom is -0.497 e. The lowest BCUT2D eigenvalue weighted by atomic mass is 10.2. The van der Waals surface area contributed by atoms with Crippen LogP contribution in [0.15, 0.2) is 48.8 Å². The number of aromatic nitrogens is 2. The van der Waals surface area contributed by atoms with Crippen molar-refractivity contribution in [2.45, 2.75) is 0 Å². The van der Waals surface area contributed by atoms with E-state index in [0.29, 0.717) is 5.56 Å². The molecule has 0 aliphatic carbocycles. The van der Waals surface area contributed by atoms with Gasteiger partial charge in [0.25, 0.3) is 5.91 Å². The zero-order valence-electron chi connectivity index (χ0n) is 11.8. The summed E-state index contributed by atoms with van der Waals surface area (Å²) in [6.07, 6.45) is 1.75. The van der Waals surface area contributed by atoms with E-state index in [0.717, 1.165) is 22.5 Å². The van der Waals surface area contributed by atoms with Gasteiger partial charge in [-0.1, -0.05) is 0 Å². The second-order valence-electron chi connectivity index (χ2n) is 4.74. The van der Waals surface area contributed by atoms with Crippen molar-refractivity contribution in [3.63, 3.8) is 0 Å². The predicted molar refractivity (Wildman–Crippen MR) is 81.7 cm³/mol. The normalized spacial score (nSPS) is 10.6. The van der Waals surface area contributed by atoms with Gasteiger partial charge in [0.1, 0.15) is 5.75 Å². The average molecular weight is 281 g/mol. The summed E-state index contributed by atoms with van der Waals surface area (Å²) in [6.45, 7) is 0. The number of nitrogens with zero attached hydrogens (tertiary/aromatic N) is 2. The van der Waals surface area contributed by atoms with Crippen LogP contribution < -0.4 is 10.1 Å². The minimum atomic E-state index is -0.159. The van der Waals surface area contributed by atoms with Crippen molar-refractivity contribution in [1.82, 2.24) is 9.55 Å². The summed E-state index contributed by atoms with van der Waals surface area (Å²) in [5, 5.41) is 2.87. The van der Waals surface area contributed by atoms with Crippen molar-refractivity contribution >= 4 is 22.6 Å². The maximum atomic E-state index is 12.2. The first kappa shape index (κ1) is 13.2. The fraction of sp³-hybridized carbons (Fsp3) is 0.125. The van der Waals surface area contributed by atoms with Crippen LogP contribution >= 0.6 is 0 Å². The molecular formula is C16H15N3O2. The zero-order valence-corrected chi connectivity index (χ0v) is 11.8. The molecule has 0 saturated carbocycles. The Morgan fingerprint density at radius 2 is 1.95 bits per heavy atom. The summed E-state index contributed by atoms with van der Waals surface area (Å²) in [5.74, 6) is 0.564. The van der Waals surface area contributed by atoms with E-state index < -0.39 is 0 Å². The first-order chi connectivity index (χ1) is 10.2. The largest absolute Gasteiger partial charge is 0.497 e. The fourth-order valence-corrected chi connectivity index (χ4v) is 2.16. The third kappa shape index (κ3) is 2.58. The first-order valence-corrected chi connectivity index (χ1v) is 6.54. The number of carbonyl (C=O) groups is 1. The van der Waals surface area contributed by atoms with Crippen LogP contribution in [0, 0.1) is 0 Å². The number of ether oxygens (including phenoxy) is 1. The summed E-state index contributed by atoms with van der Waals surface area (Å²) < 4.78 is 7.01. The summed E-state index contributed by atoms with van der Waals surface area (Å²) in [7, 11) is 3.53. The molecule has 21 heavy (non-hydrogen) atoms. The van der Waals surface area contributed by atoms with Crippen LogP contribution in [0.25, 0.3) is 11.0 Å². The van der Waals surface area contributed by atoms with Crippen LogP contribution in [0.4, 0.5) is 5.69 Å². The molecule has 1 N–H and O–H groups in total. The number of rotatable bonds is 3. The van der Waals surface area contributed by atoms with Gasteiger partial charge in [-0.05, 0) is 42.5 Å². The summed E-state index contributed by atoms with van der Waals surface area (Å²) in [6, 6.07) is 12.6. The molecule has 1 amide bonds. The quantitative estimate of drug-likeness (QED) is 0.803. The van der Waals surface area contributed by atoms with Gasteiger partial charge in [-0.2, -0.15) is 0 Å². The molecule has 106 valence electrons. The van der Waals surface area contributed by atoms with E-state index in [-0.39, 0.29) is 5.91 Å². The highest BCUT2D eigenvalue weighted by Crippen LogP contribution is 2.18. The number of amides is 1. The molecule has 5 heteroatoms. The fourth-order valence-electron chi connectivity index (χ4n) is 2.16. The molecule has 0 fully saturated rings. The molecule has 0 aliphatic heterocycles. The number of aryl methyl sites for hydroxylation is 1. The van der Waals surface area contributed by atoms with Crippen molar-refractivity contribution < 1.29 is 9.53 Å². The van der Waals surface area contributed by atoms with Crippen molar-refractivity contribution in [3.05, 3.63) is 54.4 Å². The molecule has 1 heterocycles. The van der Waals surface area contributed by atoms with Gasteiger partial charge in [0, 0.05) is 18.3 Å². The van der Waals surface area contributed by atoms with Crippen LogP contribution in [0.2, 0.25) is 0 Å². The van der Waals surface area contributed by atoms with Gasteiger partial charge in [0.2, 0.25) is 0 Å². The summed E-state index contributed by atoms with van der Waals surface area (Å²) in [5.41, 5.74) is 3.18. The van der Waals surface area contributed by atoms with Crippen LogP contribution in [-0.2, 0) is 7.05 Å². The number of imidazole rings is 1. The SMILES string of the molecule is COc1ccc(C(=O)Nc2ccc3c(c2)ncn3C)cc1. The van der Waals surface area contributed by atoms with E-state index in [4.69, 9.17) is 4.74 Å². The molecule has 0 bridgehead atoms. The number of fused-ring (bicyclic) bond motifs is 1. The van der Waals surface area contributed by atoms with Crippen LogP contribution in [0.3, 0.4) is 0 Å². The number of hydrogen-bond acceptors (Lipinski definition) is 3. The number of benzene rings is 2. The number of anilines is 1. The maximum Gasteiger partial charge on any atom is 0.255 e. The topological polar surface area (TPSA) is 56.1 Å². The second-order valence-corrected chi connectivity index (χ2v) is 4.74. The second kappa shape index (κ2) is 5.28. The lowest BCUT2D eigenvalue weighted by Crippen LogP contribution is -2.11. The van der Waals surface area contributed by atoms with E-state index in [1.165, 1.54) is 0 Å². The number of carbonyl (C=O) groups excluding carboxylic acids is 1. The third-order valence-electron chi connectivity index (χ3n) is 3.34.